The first-order valence-corrected chi connectivity index (χ1v) is 9.64. The fourth-order valence-electron chi connectivity index (χ4n) is 2.58. The van der Waals surface area contributed by atoms with Crippen LogP contribution in [0.4, 0.5) is 0 Å². The molecule has 1 N–H and O–H groups in total. The molecule has 0 aromatic heterocycles. The van der Waals surface area contributed by atoms with E-state index in [4.69, 9.17) is 4.74 Å². The van der Waals surface area contributed by atoms with Gasteiger partial charge in [0.1, 0.15) is 5.75 Å². The highest BCUT2D eigenvalue weighted by Gasteiger charge is 2.19. The number of hydrogen-bond acceptors (Lipinski definition) is 3. The molecule has 0 bridgehead atoms. The van der Waals surface area contributed by atoms with Gasteiger partial charge in [0.25, 0.3) is 0 Å². The van der Waals surface area contributed by atoms with E-state index in [1.54, 1.807) is 0 Å². The van der Waals surface area contributed by atoms with Crippen LogP contribution in [-0.2, 0) is 0 Å². The Morgan fingerprint density at radius 1 is 1.35 bits per heavy atom. The fraction of sp³-hybridized carbons (Fsp3) is 0.625. The molecule has 1 unspecified atom stereocenters. The average Bonchev–Trinajstić information content (AvgIpc) is 2.64. The summed E-state index contributed by atoms with van der Waals surface area (Å²) in [6.07, 6.45) is 8.39. The van der Waals surface area contributed by atoms with Gasteiger partial charge in [-0.3, -0.25) is 0 Å². The summed E-state index contributed by atoms with van der Waals surface area (Å²) >= 11 is 5.46. The first-order chi connectivity index (χ1) is 9.81. The Morgan fingerprint density at radius 2 is 2.25 bits per heavy atom. The number of hydrogen-bond donors (Lipinski definition) is 1. The minimum atomic E-state index is 0.446. The number of benzene rings is 1. The van der Waals surface area contributed by atoms with E-state index in [2.05, 4.69) is 45.7 Å². The van der Waals surface area contributed by atoms with E-state index in [1.807, 2.05) is 11.8 Å². The highest BCUT2D eigenvalue weighted by atomic mass is 79.9. The summed E-state index contributed by atoms with van der Waals surface area (Å²) in [5.74, 6) is 2.32. The molecule has 0 aliphatic carbocycles. The lowest BCUT2D eigenvalue weighted by atomic mass is 10.0. The molecule has 20 heavy (non-hydrogen) atoms. The molecule has 4 heteroatoms. The first kappa shape index (κ1) is 16.2. The highest BCUT2D eigenvalue weighted by Crippen LogP contribution is 2.33. The number of unbranched alkanes of at least 4 members (excludes halogenated alkanes) is 2. The molecule has 2 nitrogen and oxygen atoms in total. The van der Waals surface area contributed by atoms with Crippen molar-refractivity contribution >= 4 is 27.7 Å². The van der Waals surface area contributed by atoms with E-state index < -0.39 is 0 Å². The van der Waals surface area contributed by atoms with Crippen LogP contribution in [0.2, 0.25) is 0 Å². The predicted molar refractivity (Wildman–Crippen MR) is 91.8 cm³/mol. The van der Waals surface area contributed by atoms with Crippen LogP contribution in [0.1, 0.15) is 43.7 Å². The molecule has 0 radical (unpaired) electrons. The summed E-state index contributed by atoms with van der Waals surface area (Å²) in [5, 5.41) is 3.71. The average molecular weight is 358 g/mol. The molecule has 2 rings (SSSR count). The SMILES string of the molecule is CSCCCCCNC1CCCOc2cc(Br)ccc21. The Labute approximate surface area is 135 Å². The van der Waals surface area contributed by atoms with Crippen molar-refractivity contribution in [3.63, 3.8) is 0 Å². The van der Waals surface area contributed by atoms with Gasteiger partial charge in [-0.05, 0) is 56.4 Å². The minimum absolute atomic E-state index is 0.446. The van der Waals surface area contributed by atoms with Gasteiger partial charge >= 0.3 is 0 Å². The molecule has 0 saturated heterocycles. The van der Waals surface area contributed by atoms with Crippen molar-refractivity contribution in [3.8, 4) is 5.75 Å². The van der Waals surface area contributed by atoms with Crippen LogP contribution in [0.5, 0.6) is 5.75 Å². The van der Waals surface area contributed by atoms with Crippen LogP contribution in [0.3, 0.4) is 0 Å². The van der Waals surface area contributed by atoms with Gasteiger partial charge in [0.15, 0.2) is 0 Å². The van der Waals surface area contributed by atoms with Crippen LogP contribution in [0, 0.1) is 0 Å². The molecule has 1 atom stereocenters. The van der Waals surface area contributed by atoms with Crippen LogP contribution in [0.15, 0.2) is 22.7 Å². The van der Waals surface area contributed by atoms with E-state index in [0.29, 0.717) is 6.04 Å². The number of rotatable bonds is 7. The molecular formula is C16H24BrNOS. The largest absolute Gasteiger partial charge is 0.493 e. The van der Waals surface area contributed by atoms with Crippen molar-refractivity contribution in [1.29, 1.82) is 0 Å². The molecule has 112 valence electrons. The maximum absolute atomic E-state index is 5.85. The molecule has 1 aliphatic rings. The Kier molecular flexibility index (Phi) is 7.25. The van der Waals surface area contributed by atoms with E-state index in [1.165, 1.54) is 37.0 Å². The third-order valence-corrected chi connectivity index (χ3v) is 4.85. The van der Waals surface area contributed by atoms with Crippen molar-refractivity contribution in [1.82, 2.24) is 5.32 Å². The molecule has 0 saturated carbocycles. The predicted octanol–water partition coefficient (Wildman–Crippen LogP) is 4.79. The number of fused-ring (bicyclic) bond motifs is 1. The van der Waals surface area contributed by atoms with Gasteiger partial charge in [0.05, 0.1) is 6.61 Å². The normalized spacial score (nSPS) is 18.2. The monoisotopic (exact) mass is 357 g/mol. The second-order valence-electron chi connectivity index (χ2n) is 5.23. The third kappa shape index (κ3) is 4.97. The van der Waals surface area contributed by atoms with Crippen molar-refractivity contribution in [2.24, 2.45) is 0 Å². The maximum Gasteiger partial charge on any atom is 0.125 e. The lowest BCUT2D eigenvalue weighted by molar-refractivity contribution is 0.315. The number of nitrogens with one attached hydrogen (secondary N) is 1. The van der Waals surface area contributed by atoms with Gasteiger partial charge in [-0.15, -0.1) is 0 Å². The van der Waals surface area contributed by atoms with Crippen LogP contribution in [0.25, 0.3) is 0 Å². The van der Waals surface area contributed by atoms with Gasteiger partial charge in [-0.1, -0.05) is 28.4 Å². The highest BCUT2D eigenvalue weighted by molar-refractivity contribution is 9.10. The Morgan fingerprint density at radius 3 is 3.10 bits per heavy atom. The zero-order valence-electron chi connectivity index (χ0n) is 12.2. The van der Waals surface area contributed by atoms with Crippen LogP contribution >= 0.6 is 27.7 Å². The number of ether oxygens (including phenoxy) is 1. The first-order valence-electron chi connectivity index (χ1n) is 7.46. The topological polar surface area (TPSA) is 21.3 Å². The van der Waals surface area contributed by atoms with Gasteiger partial charge in [0.2, 0.25) is 0 Å². The second kappa shape index (κ2) is 8.96. The Bertz CT molecular complexity index is 413. The van der Waals surface area contributed by atoms with Crippen molar-refractivity contribution < 1.29 is 4.74 Å². The van der Waals surface area contributed by atoms with Crippen LogP contribution < -0.4 is 10.1 Å². The summed E-state index contributed by atoms with van der Waals surface area (Å²) < 4.78 is 6.94. The number of halogens is 1. The molecular weight excluding hydrogens is 334 g/mol. The lowest BCUT2D eigenvalue weighted by Gasteiger charge is -2.18. The molecule has 0 spiro atoms. The Hall–Kier alpha value is -0.190. The lowest BCUT2D eigenvalue weighted by Crippen LogP contribution is -2.22. The summed E-state index contributed by atoms with van der Waals surface area (Å²) in [6.45, 7) is 1.93. The zero-order valence-corrected chi connectivity index (χ0v) is 14.6. The van der Waals surface area contributed by atoms with Gasteiger partial charge < -0.3 is 10.1 Å². The van der Waals surface area contributed by atoms with Gasteiger partial charge in [-0.25, -0.2) is 0 Å². The minimum Gasteiger partial charge on any atom is -0.493 e. The van der Waals surface area contributed by atoms with Gasteiger partial charge in [-0.2, -0.15) is 11.8 Å². The molecule has 1 aromatic rings. The van der Waals surface area contributed by atoms with Crippen molar-refractivity contribution in [3.05, 3.63) is 28.2 Å². The van der Waals surface area contributed by atoms with Crippen molar-refractivity contribution in [2.75, 3.05) is 25.2 Å². The number of thioether (sulfide) groups is 1. The fourth-order valence-corrected chi connectivity index (χ4v) is 3.42. The van der Waals surface area contributed by atoms with E-state index in [-0.39, 0.29) is 0 Å². The smallest absolute Gasteiger partial charge is 0.125 e. The molecule has 0 fully saturated rings. The second-order valence-corrected chi connectivity index (χ2v) is 7.13. The van der Waals surface area contributed by atoms with Gasteiger partial charge in [0, 0.05) is 16.1 Å². The van der Waals surface area contributed by atoms with Crippen LogP contribution in [-0.4, -0.2) is 25.2 Å². The molecule has 1 aliphatic heterocycles. The summed E-state index contributed by atoms with van der Waals surface area (Å²) in [4.78, 5) is 0. The summed E-state index contributed by atoms with van der Waals surface area (Å²) in [5.41, 5.74) is 1.31. The third-order valence-electron chi connectivity index (χ3n) is 3.66. The Balaban J connectivity index is 1.85. The zero-order chi connectivity index (χ0) is 14.2. The van der Waals surface area contributed by atoms with Crippen molar-refractivity contribution in [2.45, 2.75) is 38.1 Å². The van der Waals surface area contributed by atoms with E-state index in [0.717, 1.165) is 29.8 Å². The molecule has 0 amide bonds. The standard InChI is InChI=1S/C16H24BrNOS/c1-20-11-4-2-3-9-18-15-6-5-10-19-16-12-13(17)7-8-14(15)16/h7-8,12,15,18H,2-6,9-11H2,1H3. The van der Waals surface area contributed by atoms with E-state index in [9.17, 15) is 0 Å². The molecule has 1 heterocycles. The maximum atomic E-state index is 5.85. The summed E-state index contributed by atoms with van der Waals surface area (Å²) in [6, 6.07) is 6.84. The quantitative estimate of drug-likeness (QED) is 0.709. The summed E-state index contributed by atoms with van der Waals surface area (Å²) in [7, 11) is 0. The molecule has 1 aromatic carbocycles. The van der Waals surface area contributed by atoms with E-state index >= 15 is 0 Å².